The molecular formula is C15H13N3O2S2. The number of thiophene rings is 1. The highest BCUT2D eigenvalue weighted by molar-refractivity contribution is 8.00. The number of para-hydroxylation sites is 1. The van der Waals surface area contributed by atoms with Crippen LogP contribution in [0.1, 0.15) is 10.8 Å². The molecule has 0 saturated carbocycles. The largest absolute Gasteiger partial charge is 0.468 e. The number of ether oxygens (including phenoxy) is 1. The maximum absolute atomic E-state index is 12.0. The summed E-state index contributed by atoms with van der Waals surface area (Å²) >= 11 is 2.83. The fourth-order valence-corrected chi connectivity index (χ4v) is 3.60. The van der Waals surface area contributed by atoms with Crippen molar-refractivity contribution >= 4 is 29.1 Å². The Morgan fingerprint density at radius 2 is 2.14 bits per heavy atom. The van der Waals surface area contributed by atoms with E-state index < -0.39 is 5.25 Å². The van der Waals surface area contributed by atoms with Gasteiger partial charge in [0.2, 0.25) is 5.16 Å². The first-order valence-corrected chi connectivity index (χ1v) is 8.34. The lowest BCUT2D eigenvalue weighted by atomic mass is 10.2. The molecule has 0 N–H and O–H groups in total. The number of carbonyl (C=O) groups is 1. The predicted octanol–water partition coefficient (Wildman–Crippen LogP) is 3.34. The highest BCUT2D eigenvalue weighted by Crippen LogP contribution is 2.35. The van der Waals surface area contributed by atoms with Gasteiger partial charge in [0.05, 0.1) is 12.8 Å². The van der Waals surface area contributed by atoms with Crippen LogP contribution in [-0.2, 0) is 9.53 Å². The van der Waals surface area contributed by atoms with Crippen LogP contribution in [0.5, 0.6) is 0 Å². The quantitative estimate of drug-likeness (QED) is 0.530. The van der Waals surface area contributed by atoms with Gasteiger partial charge in [-0.15, -0.1) is 5.10 Å². The lowest BCUT2D eigenvalue weighted by molar-refractivity contribution is -0.140. The minimum Gasteiger partial charge on any atom is -0.468 e. The molecule has 7 heteroatoms. The zero-order chi connectivity index (χ0) is 15.4. The lowest BCUT2D eigenvalue weighted by Crippen LogP contribution is -2.10. The first-order chi connectivity index (χ1) is 10.8. The van der Waals surface area contributed by atoms with Crippen molar-refractivity contribution in [1.29, 1.82) is 0 Å². The standard InChI is InChI=1S/C15H13N3O2S2/c1-20-14(19)13(11-7-8-21-9-11)22-15-16-10-18(17-15)12-5-3-2-4-6-12/h2-10,13H,1H3/t13-/m0/s1. The second-order valence-corrected chi connectivity index (χ2v) is 6.24. The number of methoxy groups -OCH3 is 1. The van der Waals surface area contributed by atoms with E-state index in [4.69, 9.17) is 4.74 Å². The Morgan fingerprint density at radius 3 is 2.82 bits per heavy atom. The van der Waals surface area contributed by atoms with Crippen molar-refractivity contribution in [3.05, 3.63) is 59.0 Å². The zero-order valence-corrected chi connectivity index (χ0v) is 13.4. The van der Waals surface area contributed by atoms with E-state index in [-0.39, 0.29) is 5.97 Å². The molecule has 1 atom stereocenters. The third-order valence-corrected chi connectivity index (χ3v) is 4.78. The maximum Gasteiger partial charge on any atom is 0.323 e. The molecule has 0 bridgehead atoms. The number of aromatic nitrogens is 3. The van der Waals surface area contributed by atoms with Gasteiger partial charge in [-0.05, 0) is 34.5 Å². The number of nitrogens with zero attached hydrogens (tertiary/aromatic N) is 3. The maximum atomic E-state index is 12.0. The number of hydrogen-bond donors (Lipinski definition) is 0. The Kier molecular flexibility index (Phi) is 4.55. The molecular weight excluding hydrogens is 318 g/mol. The van der Waals surface area contributed by atoms with E-state index in [9.17, 15) is 4.79 Å². The van der Waals surface area contributed by atoms with E-state index in [1.54, 1.807) is 22.3 Å². The van der Waals surface area contributed by atoms with Gasteiger partial charge < -0.3 is 4.74 Å². The zero-order valence-electron chi connectivity index (χ0n) is 11.7. The summed E-state index contributed by atoms with van der Waals surface area (Å²) in [6.45, 7) is 0. The average Bonchev–Trinajstić information content (AvgIpc) is 3.24. The Balaban J connectivity index is 1.82. The van der Waals surface area contributed by atoms with E-state index in [1.165, 1.54) is 18.9 Å². The number of esters is 1. The summed E-state index contributed by atoms with van der Waals surface area (Å²) < 4.78 is 6.57. The molecule has 3 aromatic rings. The van der Waals surface area contributed by atoms with Gasteiger partial charge >= 0.3 is 5.97 Å². The number of carbonyl (C=O) groups excluding carboxylic acids is 1. The van der Waals surface area contributed by atoms with Crippen molar-refractivity contribution in [2.45, 2.75) is 10.4 Å². The normalized spacial score (nSPS) is 12.0. The molecule has 0 aliphatic rings. The van der Waals surface area contributed by atoms with Crippen LogP contribution in [0.4, 0.5) is 0 Å². The topological polar surface area (TPSA) is 57.0 Å². The summed E-state index contributed by atoms with van der Waals surface area (Å²) in [5.41, 5.74) is 1.82. The molecule has 0 amide bonds. The lowest BCUT2D eigenvalue weighted by Gasteiger charge is -2.10. The summed E-state index contributed by atoms with van der Waals surface area (Å²) in [5.74, 6) is -0.306. The number of benzene rings is 1. The predicted molar refractivity (Wildman–Crippen MR) is 86.3 cm³/mol. The average molecular weight is 331 g/mol. The summed E-state index contributed by atoms with van der Waals surface area (Å²) in [6.07, 6.45) is 1.64. The van der Waals surface area contributed by atoms with E-state index in [0.29, 0.717) is 5.16 Å². The first-order valence-electron chi connectivity index (χ1n) is 6.51. The van der Waals surface area contributed by atoms with Crippen molar-refractivity contribution in [3.63, 3.8) is 0 Å². The summed E-state index contributed by atoms with van der Waals surface area (Å²) in [6, 6.07) is 11.6. The first kappa shape index (κ1) is 14.8. The monoisotopic (exact) mass is 331 g/mol. The molecule has 0 aliphatic heterocycles. The van der Waals surface area contributed by atoms with Gasteiger partial charge in [0.15, 0.2) is 0 Å². The number of hydrogen-bond acceptors (Lipinski definition) is 6. The van der Waals surface area contributed by atoms with Crippen LogP contribution in [0.25, 0.3) is 5.69 Å². The van der Waals surface area contributed by atoms with Crippen LogP contribution < -0.4 is 0 Å². The minimum absolute atomic E-state index is 0.306. The van der Waals surface area contributed by atoms with E-state index >= 15 is 0 Å². The molecule has 22 heavy (non-hydrogen) atoms. The van der Waals surface area contributed by atoms with Crippen molar-refractivity contribution in [3.8, 4) is 5.69 Å². The van der Waals surface area contributed by atoms with Gasteiger partial charge in [-0.25, -0.2) is 9.67 Å². The van der Waals surface area contributed by atoms with Crippen LogP contribution in [0.2, 0.25) is 0 Å². The Hall–Kier alpha value is -2.12. The van der Waals surface area contributed by atoms with Gasteiger partial charge in [-0.3, -0.25) is 4.79 Å². The third-order valence-electron chi connectivity index (χ3n) is 2.98. The second-order valence-electron chi connectivity index (χ2n) is 4.38. The summed E-state index contributed by atoms with van der Waals surface area (Å²) in [7, 11) is 1.39. The van der Waals surface area contributed by atoms with Gasteiger partial charge in [0, 0.05) is 0 Å². The molecule has 5 nitrogen and oxygen atoms in total. The van der Waals surface area contributed by atoms with E-state index in [2.05, 4.69) is 10.1 Å². The molecule has 112 valence electrons. The summed E-state index contributed by atoms with van der Waals surface area (Å²) in [4.78, 5) is 16.3. The molecule has 2 heterocycles. The Morgan fingerprint density at radius 1 is 1.32 bits per heavy atom. The van der Waals surface area contributed by atoms with Crippen molar-refractivity contribution in [1.82, 2.24) is 14.8 Å². The molecule has 0 saturated heterocycles. The molecule has 0 fully saturated rings. The fourth-order valence-electron chi connectivity index (χ4n) is 1.90. The third kappa shape index (κ3) is 3.20. The van der Waals surface area contributed by atoms with Crippen molar-refractivity contribution in [2.75, 3.05) is 7.11 Å². The molecule has 0 unspecified atom stereocenters. The molecule has 1 aromatic carbocycles. The van der Waals surface area contributed by atoms with Crippen LogP contribution in [0, 0.1) is 0 Å². The van der Waals surface area contributed by atoms with E-state index in [0.717, 1.165) is 11.3 Å². The number of rotatable bonds is 5. The highest BCUT2D eigenvalue weighted by atomic mass is 32.2. The molecule has 0 radical (unpaired) electrons. The molecule has 0 spiro atoms. The van der Waals surface area contributed by atoms with Crippen LogP contribution in [0.3, 0.4) is 0 Å². The SMILES string of the molecule is COC(=O)[C@@H](Sc1ncn(-c2ccccc2)n1)c1ccsc1. The van der Waals surface area contributed by atoms with Crippen LogP contribution in [-0.4, -0.2) is 27.8 Å². The summed E-state index contributed by atoms with van der Waals surface area (Å²) in [5, 5.41) is 8.35. The van der Waals surface area contributed by atoms with Crippen LogP contribution >= 0.6 is 23.1 Å². The Bertz CT molecular complexity index is 741. The van der Waals surface area contributed by atoms with Gasteiger partial charge in [-0.1, -0.05) is 30.0 Å². The molecule has 3 rings (SSSR count). The number of thioether (sulfide) groups is 1. The molecule has 2 aromatic heterocycles. The highest BCUT2D eigenvalue weighted by Gasteiger charge is 2.25. The van der Waals surface area contributed by atoms with E-state index in [1.807, 2.05) is 47.2 Å². The van der Waals surface area contributed by atoms with Gasteiger partial charge in [-0.2, -0.15) is 11.3 Å². The minimum atomic E-state index is -0.456. The van der Waals surface area contributed by atoms with Crippen molar-refractivity contribution in [2.24, 2.45) is 0 Å². The van der Waals surface area contributed by atoms with Crippen molar-refractivity contribution < 1.29 is 9.53 Å². The fraction of sp³-hybridized carbons (Fsp3) is 0.133. The second kappa shape index (κ2) is 6.76. The van der Waals surface area contributed by atoms with Gasteiger partial charge in [0.25, 0.3) is 0 Å². The van der Waals surface area contributed by atoms with Crippen LogP contribution in [0.15, 0.2) is 58.6 Å². The molecule has 0 aliphatic carbocycles. The van der Waals surface area contributed by atoms with Gasteiger partial charge in [0.1, 0.15) is 11.6 Å². The smallest absolute Gasteiger partial charge is 0.323 e. The Labute approximate surface area is 136 Å².